The fourth-order valence-corrected chi connectivity index (χ4v) is 4.73. The van der Waals surface area contributed by atoms with E-state index >= 15 is 0 Å². The van der Waals surface area contributed by atoms with Gasteiger partial charge in [-0.15, -0.1) is 11.3 Å². The number of methoxy groups -OCH3 is 1. The molecular weight excluding hydrogens is 417 g/mol. The molecule has 4 rings (SSSR count). The Hall–Kier alpha value is -2.58. The van der Waals surface area contributed by atoms with Crippen molar-refractivity contribution in [1.82, 2.24) is 9.91 Å². The molecule has 2 heterocycles. The molecule has 1 aromatic carbocycles. The van der Waals surface area contributed by atoms with Crippen LogP contribution in [0.4, 0.5) is 4.39 Å². The molecule has 31 heavy (non-hydrogen) atoms. The minimum absolute atomic E-state index is 0.00169. The van der Waals surface area contributed by atoms with E-state index in [1.165, 1.54) is 22.4 Å². The van der Waals surface area contributed by atoms with Gasteiger partial charge in [-0.1, -0.05) is 30.7 Å². The minimum atomic E-state index is -0.359. The normalized spacial score (nSPS) is 18.6. The zero-order chi connectivity index (χ0) is 21.8. The highest BCUT2D eigenvalue weighted by Gasteiger charge is 2.37. The van der Waals surface area contributed by atoms with Crippen molar-refractivity contribution in [2.75, 3.05) is 26.8 Å². The number of hydrazone groups is 1. The van der Waals surface area contributed by atoms with Crippen molar-refractivity contribution >= 4 is 28.9 Å². The van der Waals surface area contributed by atoms with Crippen molar-refractivity contribution < 1.29 is 18.7 Å². The lowest BCUT2D eigenvalue weighted by atomic mass is 9.84. The first-order valence-corrected chi connectivity index (χ1v) is 11.4. The first-order valence-electron chi connectivity index (χ1n) is 10.5. The molecule has 6 nitrogen and oxygen atoms in total. The summed E-state index contributed by atoms with van der Waals surface area (Å²) < 4.78 is 19.5. The fraction of sp³-hybridized carbons (Fsp3) is 0.435. The number of ether oxygens (including phenoxy) is 1. The van der Waals surface area contributed by atoms with Gasteiger partial charge >= 0.3 is 0 Å². The summed E-state index contributed by atoms with van der Waals surface area (Å²) in [7, 11) is 1.58. The van der Waals surface area contributed by atoms with Crippen LogP contribution in [0.15, 0.2) is 46.9 Å². The summed E-state index contributed by atoms with van der Waals surface area (Å²) in [4.78, 5) is 28.7. The minimum Gasteiger partial charge on any atom is -0.383 e. The number of carbonyl (C=O) groups excluding carboxylic acids is 2. The summed E-state index contributed by atoms with van der Waals surface area (Å²) in [6.07, 6.45) is 3.22. The summed E-state index contributed by atoms with van der Waals surface area (Å²) in [5.41, 5.74) is 0.944. The molecule has 2 aliphatic rings. The highest BCUT2D eigenvalue weighted by molar-refractivity contribution is 7.10. The van der Waals surface area contributed by atoms with Gasteiger partial charge in [0.2, 0.25) is 5.91 Å². The molecule has 0 N–H and O–H groups in total. The topological polar surface area (TPSA) is 62.2 Å². The van der Waals surface area contributed by atoms with E-state index < -0.39 is 0 Å². The Labute approximate surface area is 185 Å². The van der Waals surface area contributed by atoms with Crippen molar-refractivity contribution in [3.63, 3.8) is 0 Å². The maximum Gasteiger partial charge on any atom is 0.262 e. The summed E-state index contributed by atoms with van der Waals surface area (Å²) >= 11 is 1.54. The maximum absolute atomic E-state index is 14.4. The largest absolute Gasteiger partial charge is 0.383 e. The number of hydrogen-bond acceptors (Lipinski definition) is 5. The van der Waals surface area contributed by atoms with Crippen molar-refractivity contribution in [2.45, 2.75) is 31.7 Å². The lowest BCUT2D eigenvalue weighted by Gasteiger charge is -2.32. The van der Waals surface area contributed by atoms with E-state index in [9.17, 15) is 14.0 Å². The van der Waals surface area contributed by atoms with Crippen LogP contribution in [-0.2, 0) is 14.3 Å². The monoisotopic (exact) mass is 443 g/mol. The SMILES string of the molecule is COCCN(CC(=O)N1N=C(c2ccccc2F)CC1c1cccs1)C(=O)C1CCC1. The zero-order valence-corrected chi connectivity index (χ0v) is 18.3. The third-order valence-corrected chi connectivity index (χ3v) is 6.85. The first-order chi connectivity index (χ1) is 15.1. The highest BCUT2D eigenvalue weighted by Crippen LogP contribution is 2.36. The van der Waals surface area contributed by atoms with Gasteiger partial charge in [0, 0.05) is 36.4 Å². The number of hydrogen-bond donors (Lipinski definition) is 0. The molecule has 0 spiro atoms. The molecule has 1 saturated carbocycles. The van der Waals surface area contributed by atoms with Crippen LogP contribution in [0.1, 0.15) is 42.2 Å². The number of benzene rings is 1. The number of carbonyl (C=O) groups is 2. The fourth-order valence-electron chi connectivity index (χ4n) is 3.92. The molecule has 1 unspecified atom stereocenters. The van der Waals surface area contributed by atoms with E-state index in [0.29, 0.717) is 30.8 Å². The summed E-state index contributed by atoms with van der Waals surface area (Å²) in [5.74, 6) is -0.633. The predicted octanol–water partition coefficient (Wildman–Crippen LogP) is 3.84. The quantitative estimate of drug-likeness (QED) is 0.623. The molecule has 1 fully saturated rings. The summed E-state index contributed by atoms with van der Waals surface area (Å²) in [6.45, 7) is 0.664. The van der Waals surface area contributed by atoms with Crippen molar-refractivity contribution in [2.24, 2.45) is 11.0 Å². The third kappa shape index (κ3) is 4.70. The number of amides is 2. The van der Waals surface area contributed by atoms with Gasteiger partial charge < -0.3 is 9.64 Å². The molecule has 2 aromatic rings. The van der Waals surface area contributed by atoms with Crippen LogP contribution in [0.25, 0.3) is 0 Å². The zero-order valence-electron chi connectivity index (χ0n) is 17.5. The number of thiophene rings is 1. The molecule has 0 saturated heterocycles. The van der Waals surface area contributed by atoms with E-state index in [0.717, 1.165) is 24.1 Å². The van der Waals surface area contributed by atoms with Crippen LogP contribution in [0.2, 0.25) is 0 Å². The molecule has 1 aliphatic carbocycles. The van der Waals surface area contributed by atoms with Gasteiger partial charge in [0.25, 0.3) is 5.91 Å². The predicted molar refractivity (Wildman–Crippen MR) is 117 cm³/mol. The standard InChI is InChI=1S/C23H26FN3O3S/c1-30-12-11-26(23(29)16-6-4-7-16)15-22(28)27-20(21-10-5-13-31-21)14-19(25-27)17-8-2-3-9-18(17)24/h2-3,5,8-10,13,16,20H,4,6-7,11-12,14-15H2,1H3. The number of nitrogens with zero attached hydrogens (tertiary/aromatic N) is 3. The van der Waals surface area contributed by atoms with Gasteiger partial charge in [-0.3, -0.25) is 9.59 Å². The van der Waals surface area contributed by atoms with Gasteiger partial charge in [-0.05, 0) is 30.4 Å². The summed E-state index contributed by atoms with van der Waals surface area (Å²) in [6, 6.07) is 10.0. The van der Waals surface area contributed by atoms with E-state index in [-0.39, 0.29) is 36.1 Å². The van der Waals surface area contributed by atoms with Crippen LogP contribution >= 0.6 is 11.3 Å². The average Bonchev–Trinajstić information content (AvgIpc) is 3.39. The Morgan fingerprint density at radius 3 is 2.71 bits per heavy atom. The number of halogens is 1. The van der Waals surface area contributed by atoms with E-state index in [1.54, 1.807) is 30.2 Å². The Morgan fingerprint density at radius 1 is 1.26 bits per heavy atom. The van der Waals surface area contributed by atoms with Crippen molar-refractivity contribution in [3.05, 3.63) is 58.0 Å². The highest BCUT2D eigenvalue weighted by atomic mass is 32.1. The Morgan fingerprint density at radius 2 is 2.06 bits per heavy atom. The van der Waals surface area contributed by atoms with Gasteiger partial charge in [0.1, 0.15) is 12.4 Å². The molecule has 1 aromatic heterocycles. The smallest absolute Gasteiger partial charge is 0.262 e. The third-order valence-electron chi connectivity index (χ3n) is 5.88. The second-order valence-corrected chi connectivity index (χ2v) is 8.86. The Balaban J connectivity index is 1.57. The van der Waals surface area contributed by atoms with E-state index in [4.69, 9.17) is 4.74 Å². The molecule has 1 atom stereocenters. The van der Waals surface area contributed by atoms with Crippen LogP contribution in [-0.4, -0.2) is 54.2 Å². The molecule has 1 aliphatic heterocycles. The van der Waals surface area contributed by atoms with Gasteiger partial charge in [0.05, 0.1) is 18.4 Å². The van der Waals surface area contributed by atoms with Crippen molar-refractivity contribution in [3.8, 4) is 0 Å². The van der Waals surface area contributed by atoms with Gasteiger partial charge in [-0.2, -0.15) is 5.10 Å². The lowest BCUT2D eigenvalue weighted by molar-refractivity contribution is -0.146. The molecule has 0 radical (unpaired) electrons. The molecule has 164 valence electrons. The van der Waals surface area contributed by atoms with Crippen molar-refractivity contribution in [1.29, 1.82) is 0 Å². The van der Waals surface area contributed by atoms with Crippen LogP contribution in [0, 0.1) is 11.7 Å². The van der Waals surface area contributed by atoms with E-state index in [1.807, 2.05) is 17.5 Å². The molecule has 8 heteroatoms. The Bertz CT molecular complexity index is 959. The van der Waals surface area contributed by atoms with Gasteiger partial charge in [-0.25, -0.2) is 9.40 Å². The maximum atomic E-state index is 14.4. The van der Waals surface area contributed by atoms with Crippen LogP contribution < -0.4 is 0 Å². The van der Waals surface area contributed by atoms with E-state index in [2.05, 4.69) is 5.10 Å². The lowest BCUT2D eigenvalue weighted by Crippen LogP contribution is -2.46. The summed E-state index contributed by atoms with van der Waals surface area (Å²) in [5, 5.41) is 7.91. The first kappa shape index (κ1) is 21.6. The Kier molecular flexibility index (Phi) is 6.77. The average molecular weight is 444 g/mol. The second kappa shape index (κ2) is 9.70. The molecule has 0 bridgehead atoms. The molecular formula is C23H26FN3O3S. The second-order valence-electron chi connectivity index (χ2n) is 7.88. The van der Waals surface area contributed by atoms with Crippen LogP contribution in [0.5, 0.6) is 0 Å². The number of rotatable bonds is 8. The van der Waals surface area contributed by atoms with Crippen LogP contribution in [0.3, 0.4) is 0 Å². The molecule has 2 amide bonds. The van der Waals surface area contributed by atoms with Gasteiger partial charge in [0.15, 0.2) is 0 Å².